The summed E-state index contributed by atoms with van der Waals surface area (Å²) in [5, 5.41) is 10.1. The van der Waals surface area contributed by atoms with Crippen LogP contribution in [0.15, 0.2) is 53.5 Å². The molecule has 0 saturated carbocycles. The van der Waals surface area contributed by atoms with Gasteiger partial charge in [-0.1, -0.05) is 41.9 Å². The van der Waals surface area contributed by atoms with Gasteiger partial charge in [-0.05, 0) is 43.6 Å². The van der Waals surface area contributed by atoms with E-state index in [1.54, 1.807) is 12.3 Å². The number of aromatic nitrogens is 1. The van der Waals surface area contributed by atoms with Crippen LogP contribution in [-0.2, 0) is 6.54 Å². The number of amides is 2. The van der Waals surface area contributed by atoms with Crippen molar-refractivity contribution in [3.63, 3.8) is 0 Å². The van der Waals surface area contributed by atoms with E-state index in [4.69, 9.17) is 11.6 Å². The van der Waals surface area contributed by atoms with Crippen molar-refractivity contribution in [2.75, 3.05) is 13.1 Å². The highest BCUT2D eigenvalue weighted by Crippen LogP contribution is 2.30. The molecule has 1 saturated heterocycles. The maximum Gasteiger partial charge on any atom is 0.315 e. The van der Waals surface area contributed by atoms with Gasteiger partial charge in [0.15, 0.2) is 5.43 Å². The van der Waals surface area contributed by atoms with Crippen LogP contribution in [0.3, 0.4) is 0 Å². The quantitative estimate of drug-likeness (QED) is 0.531. The predicted molar refractivity (Wildman–Crippen MR) is 116 cm³/mol. The van der Waals surface area contributed by atoms with Crippen LogP contribution in [0, 0.1) is 0 Å². The first kappa shape index (κ1) is 19.5. The molecule has 7 heteroatoms. The van der Waals surface area contributed by atoms with Gasteiger partial charge in [-0.2, -0.15) is 0 Å². The van der Waals surface area contributed by atoms with E-state index in [1.165, 1.54) is 0 Å². The van der Waals surface area contributed by atoms with Crippen LogP contribution in [0.1, 0.15) is 18.4 Å². The maximum absolute atomic E-state index is 13.0. The lowest BCUT2D eigenvalue weighted by Gasteiger charge is -2.23. The zero-order valence-corrected chi connectivity index (χ0v) is 16.7. The Hall–Kier alpha value is -2.83. The average molecular weight is 411 g/mol. The summed E-state index contributed by atoms with van der Waals surface area (Å²) in [6.07, 6.45) is 3.45. The zero-order chi connectivity index (χ0) is 20.2. The van der Waals surface area contributed by atoms with Gasteiger partial charge in [0.05, 0.1) is 10.5 Å². The number of benzene rings is 2. The topological polar surface area (TPSA) is 86.0 Å². The summed E-state index contributed by atoms with van der Waals surface area (Å²) in [4.78, 5) is 28.3. The largest absolute Gasteiger partial charge is 0.361 e. The van der Waals surface area contributed by atoms with Gasteiger partial charge < -0.3 is 20.9 Å². The second-order valence-electron chi connectivity index (χ2n) is 7.24. The van der Waals surface area contributed by atoms with Crippen molar-refractivity contribution >= 4 is 28.5 Å². The number of aromatic amines is 1. The summed E-state index contributed by atoms with van der Waals surface area (Å²) < 4.78 is 0. The number of hydrogen-bond acceptors (Lipinski definition) is 3. The predicted octanol–water partition coefficient (Wildman–Crippen LogP) is 3.40. The number of halogens is 1. The monoisotopic (exact) mass is 410 g/mol. The van der Waals surface area contributed by atoms with Gasteiger partial charge in [0, 0.05) is 35.3 Å². The molecule has 0 bridgehead atoms. The number of piperidine rings is 1. The Balaban J connectivity index is 1.54. The minimum absolute atomic E-state index is 0.116. The standard InChI is InChI=1S/C22H23ClN4O2/c23-19-11-20-18(10-17(19)14-4-2-1-3-5-14)21(28)15(12-25-20)13-26-22(29)27-16-6-8-24-9-7-16/h1-5,10-12,16,24H,6-9,13H2,(H,25,28)(H2,26,27,29). The van der Waals surface area contributed by atoms with Gasteiger partial charge in [-0.3, -0.25) is 4.79 Å². The Kier molecular flexibility index (Phi) is 5.83. The molecule has 0 radical (unpaired) electrons. The number of fused-ring (bicyclic) bond motifs is 1. The lowest BCUT2D eigenvalue weighted by molar-refractivity contribution is 0.233. The second kappa shape index (κ2) is 8.68. The van der Waals surface area contributed by atoms with Crippen molar-refractivity contribution in [1.29, 1.82) is 0 Å². The van der Waals surface area contributed by atoms with E-state index in [9.17, 15) is 9.59 Å². The van der Waals surface area contributed by atoms with Crippen molar-refractivity contribution < 1.29 is 4.79 Å². The summed E-state index contributed by atoms with van der Waals surface area (Å²) in [6, 6.07) is 13.2. The Morgan fingerprint density at radius 2 is 1.90 bits per heavy atom. The van der Waals surface area contributed by atoms with E-state index in [-0.39, 0.29) is 24.0 Å². The third-order valence-corrected chi connectivity index (χ3v) is 5.56. The van der Waals surface area contributed by atoms with Crippen molar-refractivity contribution in [2.45, 2.75) is 25.4 Å². The molecular weight excluding hydrogens is 388 g/mol. The van der Waals surface area contributed by atoms with Crippen LogP contribution in [0.4, 0.5) is 4.79 Å². The molecule has 1 aliphatic heterocycles. The molecule has 2 heterocycles. The van der Waals surface area contributed by atoms with Gasteiger partial charge >= 0.3 is 6.03 Å². The first-order chi connectivity index (χ1) is 14.1. The highest BCUT2D eigenvalue weighted by atomic mass is 35.5. The molecule has 2 amide bonds. The summed E-state index contributed by atoms with van der Waals surface area (Å²) >= 11 is 6.43. The molecule has 1 aromatic heterocycles. The molecule has 0 unspecified atom stereocenters. The van der Waals surface area contributed by atoms with E-state index in [2.05, 4.69) is 20.9 Å². The molecule has 1 aliphatic rings. The zero-order valence-electron chi connectivity index (χ0n) is 15.9. The molecule has 1 fully saturated rings. The molecule has 29 heavy (non-hydrogen) atoms. The number of carbonyl (C=O) groups excluding carboxylic acids is 1. The lowest BCUT2D eigenvalue weighted by atomic mass is 10.0. The first-order valence-corrected chi connectivity index (χ1v) is 10.1. The second-order valence-corrected chi connectivity index (χ2v) is 7.65. The Bertz CT molecular complexity index is 1080. The first-order valence-electron chi connectivity index (χ1n) is 9.76. The maximum atomic E-state index is 13.0. The molecule has 3 aromatic rings. The van der Waals surface area contributed by atoms with Gasteiger partial charge in [-0.15, -0.1) is 0 Å². The summed E-state index contributed by atoms with van der Waals surface area (Å²) in [7, 11) is 0. The number of urea groups is 1. The van der Waals surface area contributed by atoms with Crippen LogP contribution in [0.2, 0.25) is 5.02 Å². The Morgan fingerprint density at radius 3 is 2.66 bits per heavy atom. The molecule has 0 atom stereocenters. The van der Waals surface area contributed by atoms with Crippen molar-refractivity contribution in [3.05, 3.63) is 69.5 Å². The fraction of sp³-hybridized carbons (Fsp3) is 0.273. The van der Waals surface area contributed by atoms with E-state index in [0.717, 1.165) is 37.1 Å². The van der Waals surface area contributed by atoms with Crippen LogP contribution < -0.4 is 21.4 Å². The average Bonchev–Trinajstić information content (AvgIpc) is 2.74. The fourth-order valence-corrected chi connectivity index (χ4v) is 3.91. The number of pyridine rings is 1. The summed E-state index contributed by atoms with van der Waals surface area (Å²) in [6.45, 7) is 1.97. The van der Waals surface area contributed by atoms with Crippen LogP contribution in [-0.4, -0.2) is 30.1 Å². The van der Waals surface area contributed by atoms with E-state index >= 15 is 0 Å². The molecule has 2 aromatic carbocycles. The van der Waals surface area contributed by atoms with Gasteiger partial charge in [0.2, 0.25) is 0 Å². The molecule has 4 N–H and O–H groups in total. The number of H-pyrrole nitrogens is 1. The smallest absolute Gasteiger partial charge is 0.315 e. The molecule has 0 aliphatic carbocycles. The van der Waals surface area contributed by atoms with Crippen LogP contribution in [0.25, 0.3) is 22.0 Å². The minimum Gasteiger partial charge on any atom is -0.361 e. The normalized spacial score (nSPS) is 14.7. The van der Waals surface area contributed by atoms with Crippen molar-refractivity contribution in [1.82, 2.24) is 20.9 Å². The van der Waals surface area contributed by atoms with Crippen molar-refractivity contribution in [3.8, 4) is 11.1 Å². The number of rotatable bonds is 4. The van der Waals surface area contributed by atoms with Gasteiger partial charge in [-0.25, -0.2) is 4.79 Å². The highest BCUT2D eigenvalue weighted by Gasteiger charge is 2.16. The molecule has 6 nitrogen and oxygen atoms in total. The molecule has 0 spiro atoms. The van der Waals surface area contributed by atoms with Gasteiger partial charge in [0.25, 0.3) is 0 Å². The van der Waals surface area contributed by atoms with Crippen LogP contribution in [0.5, 0.6) is 0 Å². The summed E-state index contributed by atoms with van der Waals surface area (Å²) in [5.41, 5.74) is 2.80. The highest BCUT2D eigenvalue weighted by molar-refractivity contribution is 6.34. The number of nitrogens with one attached hydrogen (secondary N) is 4. The van der Waals surface area contributed by atoms with E-state index in [0.29, 0.717) is 21.5 Å². The van der Waals surface area contributed by atoms with E-state index < -0.39 is 0 Å². The van der Waals surface area contributed by atoms with Crippen LogP contribution >= 0.6 is 11.6 Å². The van der Waals surface area contributed by atoms with Gasteiger partial charge in [0.1, 0.15) is 0 Å². The third kappa shape index (κ3) is 4.44. The Labute approximate surface area is 173 Å². The number of carbonyl (C=O) groups is 1. The minimum atomic E-state index is -0.252. The molecule has 150 valence electrons. The van der Waals surface area contributed by atoms with E-state index in [1.807, 2.05) is 36.4 Å². The van der Waals surface area contributed by atoms with Crippen molar-refractivity contribution in [2.24, 2.45) is 0 Å². The third-order valence-electron chi connectivity index (χ3n) is 5.24. The SMILES string of the molecule is O=C(NCc1c[nH]c2cc(Cl)c(-c3ccccc3)cc2c1=O)NC1CCNCC1. The lowest BCUT2D eigenvalue weighted by Crippen LogP contribution is -2.46. The molecular formula is C22H23ClN4O2. The summed E-state index contributed by atoms with van der Waals surface area (Å²) in [5.74, 6) is 0. The number of hydrogen-bond donors (Lipinski definition) is 4. The Morgan fingerprint density at radius 1 is 1.14 bits per heavy atom. The fourth-order valence-electron chi connectivity index (χ4n) is 3.63. The molecule has 4 rings (SSSR count).